The van der Waals surface area contributed by atoms with E-state index in [2.05, 4.69) is 20.1 Å². The van der Waals surface area contributed by atoms with E-state index in [-0.39, 0.29) is 32.6 Å². The van der Waals surface area contributed by atoms with Gasteiger partial charge in [-0.25, -0.2) is 9.65 Å². The molecule has 1 aromatic carbocycles. The summed E-state index contributed by atoms with van der Waals surface area (Å²) >= 11 is 1.33. The molecule has 0 bridgehead atoms. The molecule has 1 aliphatic rings. The highest BCUT2D eigenvalue weighted by Crippen LogP contribution is 2.53. The largest absolute Gasteiger partial charge is 0.469 e. The van der Waals surface area contributed by atoms with Gasteiger partial charge in [0.05, 0.1) is 25.6 Å². The highest BCUT2D eigenvalue weighted by atomic mass is 32.1. The zero-order valence-electron chi connectivity index (χ0n) is 20.3. The van der Waals surface area contributed by atoms with Crippen molar-refractivity contribution < 1.29 is 37.5 Å². The lowest BCUT2D eigenvalue weighted by Crippen LogP contribution is -2.52. The zero-order valence-corrected chi connectivity index (χ0v) is 22.0. The molecule has 2 aromatic rings. The first kappa shape index (κ1) is 27.9. The number of hydrogen-bond acceptors (Lipinski definition) is 10. The van der Waals surface area contributed by atoms with Crippen molar-refractivity contribution in [2.24, 2.45) is 5.41 Å². The van der Waals surface area contributed by atoms with E-state index in [0.717, 1.165) is 10.4 Å². The SMILES string of the molecule is COC(=O)CCNC(=O)[C@@H]1OP(=O)(N[C@@H](Cc2cncs2)C(=O)OCc2ccccc2)OCC1(C)C. The Morgan fingerprint density at radius 2 is 2.03 bits per heavy atom. The molecule has 3 atom stereocenters. The van der Waals surface area contributed by atoms with Crippen LogP contribution in [0.1, 0.15) is 30.7 Å². The van der Waals surface area contributed by atoms with E-state index in [1.807, 2.05) is 30.3 Å². The summed E-state index contributed by atoms with van der Waals surface area (Å²) in [6.45, 7) is 3.44. The van der Waals surface area contributed by atoms with Gasteiger partial charge in [-0.1, -0.05) is 44.2 Å². The van der Waals surface area contributed by atoms with Gasteiger partial charge in [0.1, 0.15) is 12.6 Å². The lowest BCUT2D eigenvalue weighted by Gasteiger charge is -2.40. The first-order chi connectivity index (χ1) is 17.1. The third kappa shape index (κ3) is 7.94. The van der Waals surface area contributed by atoms with Crippen LogP contribution in [0.25, 0.3) is 0 Å². The molecule has 36 heavy (non-hydrogen) atoms. The summed E-state index contributed by atoms with van der Waals surface area (Å²) in [6.07, 6.45) is 0.551. The second-order valence-corrected chi connectivity index (χ2v) is 11.5. The Bertz CT molecular complexity index is 1080. The Labute approximate surface area is 213 Å². The second-order valence-electron chi connectivity index (χ2n) is 8.81. The van der Waals surface area contributed by atoms with Crippen LogP contribution in [0, 0.1) is 5.41 Å². The summed E-state index contributed by atoms with van der Waals surface area (Å²) in [7, 11) is -2.85. The number of rotatable bonds is 11. The normalized spacial score (nSPS) is 21.8. The molecule has 1 saturated heterocycles. The van der Waals surface area contributed by atoms with Crippen LogP contribution >= 0.6 is 19.1 Å². The molecule has 1 aromatic heterocycles. The molecule has 13 heteroatoms. The summed E-state index contributed by atoms with van der Waals surface area (Å²) in [5.74, 6) is -1.69. The van der Waals surface area contributed by atoms with Gasteiger partial charge < -0.3 is 14.8 Å². The van der Waals surface area contributed by atoms with Crippen molar-refractivity contribution in [2.75, 3.05) is 20.3 Å². The number of benzene rings is 1. The van der Waals surface area contributed by atoms with Gasteiger partial charge in [-0.3, -0.25) is 28.4 Å². The Balaban J connectivity index is 1.70. The molecule has 1 unspecified atom stereocenters. The molecular formula is C23H30N3O8PS. The Hall–Kier alpha value is -2.63. The molecule has 3 rings (SSSR count). The molecule has 1 fully saturated rings. The first-order valence-corrected chi connectivity index (χ1v) is 13.7. The van der Waals surface area contributed by atoms with E-state index in [0.29, 0.717) is 0 Å². The van der Waals surface area contributed by atoms with Gasteiger partial charge in [-0.05, 0) is 5.56 Å². The molecular weight excluding hydrogens is 509 g/mol. The number of methoxy groups -OCH3 is 1. The highest BCUT2D eigenvalue weighted by molar-refractivity contribution is 7.51. The number of nitrogens with zero attached hydrogens (tertiary/aromatic N) is 1. The van der Waals surface area contributed by atoms with E-state index >= 15 is 0 Å². The first-order valence-electron chi connectivity index (χ1n) is 11.2. The molecule has 0 spiro atoms. The van der Waals surface area contributed by atoms with Crippen LogP contribution < -0.4 is 10.4 Å². The fourth-order valence-electron chi connectivity index (χ4n) is 3.34. The van der Waals surface area contributed by atoms with Crippen LogP contribution in [0.3, 0.4) is 0 Å². The van der Waals surface area contributed by atoms with Gasteiger partial charge >= 0.3 is 19.7 Å². The van der Waals surface area contributed by atoms with Gasteiger partial charge in [-0.2, -0.15) is 0 Å². The third-order valence-corrected chi connectivity index (χ3v) is 7.75. The van der Waals surface area contributed by atoms with Crippen LogP contribution in [0.15, 0.2) is 42.0 Å². The van der Waals surface area contributed by atoms with Crippen molar-refractivity contribution in [3.63, 3.8) is 0 Å². The number of hydrogen-bond donors (Lipinski definition) is 2. The van der Waals surface area contributed by atoms with Crippen molar-refractivity contribution in [2.45, 2.75) is 45.4 Å². The van der Waals surface area contributed by atoms with Crippen LogP contribution in [0.5, 0.6) is 0 Å². The van der Waals surface area contributed by atoms with Crippen molar-refractivity contribution in [1.82, 2.24) is 15.4 Å². The molecule has 2 N–H and O–H groups in total. The summed E-state index contributed by atoms with van der Waals surface area (Å²) in [6, 6.07) is 8.07. The molecule has 1 amide bonds. The van der Waals surface area contributed by atoms with Gasteiger partial charge in [0.15, 0.2) is 6.10 Å². The monoisotopic (exact) mass is 539 g/mol. The number of esters is 2. The van der Waals surface area contributed by atoms with E-state index in [1.54, 1.807) is 25.6 Å². The third-order valence-electron chi connectivity index (χ3n) is 5.37. The molecule has 0 aliphatic carbocycles. The lowest BCUT2D eigenvalue weighted by atomic mass is 9.87. The summed E-state index contributed by atoms with van der Waals surface area (Å²) < 4.78 is 34.8. The molecule has 0 radical (unpaired) electrons. The quantitative estimate of drug-likeness (QED) is 0.323. The van der Waals surface area contributed by atoms with Crippen molar-refractivity contribution in [1.29, 1.82) is 0 Å². The maximum atomic E-state index is 13.6. The number of ether oxygens (including phenoxy) is 2. The van der Waals surface area contributed by atoms with E-state index < -0.39 is 43.2 Å². The van der Waals surface area contributed by atoms with Crippen molar-refractivity contribution in [3.05, 3.63) is 52.5 Å². The minimum atomic E-state index is -4.10. The number of amides is 1. The Morgan fingerprint density at radius 1 is 1.28 bits per heavy atom. The number of thiazole rings is 1. The van der Waals surface area contributed by atoms with Crippen LogP contribution in [0.2, 0.25) is 0 Å². The smallest absolute Gasteiger partial charge is 0.407 e. The number of aromatic nitrogens is 1. The van der Waals surface area contributed by atoms with E-state index in [4.69, 9.17) is 13.8 Å². The topological polar surface area (TPSA) is 142 Å². The molecule has 196 valence electrons. The summed E-state index contributed by atoms with van der Waals surface area (Å²) in [5, 5.41) is 5.27. The molecule has 1 aliphatic heterocycles. The van der Waals surface area contributed by atoms with E-state index in [9.17, 15) is 18.9 Å². The van der Waals surface area contributed by atoms with E-state index in [1.165, 1.54) is 18.4 Å². The van der Waals surface area contributed by atoms with Crippen LogP contribution in [-0.2, 0) is 50.5 Å². The Morgan fingerprint density at radius 3 is 2.69 bits per heavy atom. The average Bonchev–Trinajstić information content (AvgIpc) is 3.37. The minimum absolute atomic E-state index is 0.0218. The van der Waals surface area contributed by atoms with Gasteiger partial charge in [0, 0.05) is 29.5 Å². The minimum Gasteiger partial charge on any atom is -0.469 e. The second kappa shape index (κ2) is 12.6. The standard InChI is InChI=1S/C23H30N3O8PS/c1-23(2)14-33-35(30,34-20(23)21(28)25-10-9-19(27)31-3)26-18(11-17-12-24-15-36-17)22(29)32-13-16-7-5-4-6-8-16/h4-8,12,15,18,20H,9-11,13-14H2,1-3H3,(H,25,28)(H,26,30)/t18-,20-,35?/m0/s1. The highest BCUT2D eigenvalue weighted by Gasteiger charge is 2.49. The molecule has 2 heterocycles. The van der Waals surface area contributed by atoms with Crippen LogP contribution in [-0.4, -0.2) is 55.2 Å². The number of carbonyl (C=O) groups excluding carboxylic acids is 3. The predicted octanol–water partition coefficient (Wildman–Crippen LogP) is 2.62. The number of carbonyl (C=O) groups is 3. The zero-order chi connectivity index (χ0) is 26.2. The fourth-order valence-corrected chi connectivity index (χ4v) is 5.92. The maximum Gasteiger partial charge on any atom is 0.407 e. The average molecular weight is 540 g/mol. The summed E-state index contributed by atoms with van der Waals surface area (Å²) in [5.41, 5.74) is 1.59. The van der Waals surface area contributed by atoms with Gasteiger partial charge in [0.25, 0.3) is 0 Å². The van der Waals surface area contributed by atoms with Gasteiger partial charge in [-0.15, -0.1) is 11.3 Å². The predicted molar refractivity (Wildman–Crippen MR) is 131 cm³/mol. The molecule has 11 nitrogen and oxygen atoms in total. The summed E-state index contributed by atoms with van der Waals surface area (Å²) in [4.78, 5) is 41.9. The fraction of sp³-hybridized carbons (Fsp3) is 0.478. The Kier molecular flexibility index (Phi) is 9.75. The molecule has 0 saturated carbocycles. The maximum absolute atomic E-state index is 13.6. The van der Waals surface area contributed by atoms with Gasteiger partial charge in [0.2, 0.25) is 5.91 Å². The van der Waals surface area contributed by atoms with Crippen molar-refractivity contribution >= 4 is 36.9 Å². The van der Waals surface area contributed by atoms with Crippen molar-refractivity contribution in [3.8, 4) is 0 Å². The number of nitrogens with one attached hydrogen (secondary N) is 2. The lowest BCUT2D eigenvalue weighted by molar-refractivity contribution is -0.147. The van der Waals surface area contributed by atoms with Crippen LogP contribution in [0.4, 0.5) is 0 Å².